The normalized spacial score (nSPS) is 12.1. The Hall–Kier alpha value is -1.35. The first-order valence-corrected chi connectivity index (χ1v) is 6.06. The first-order chi connectivity index (χ1) is 8.24. The standard InChI is InChI=1S/C14H21NO2/c1-12(14(16)17-2)11-15-10-6-9-13-7-4-3-5-8-13/h3-5,7-8,12,15H,6,9-11H2,1-2H3/t12-/m1/s1. The van der Waals surface area contributed by atoms with Crippen molar-refractivity contribution in [3.8, 4) is 0 Å². The summed E-state index contributed by atoms with van der Waals surface area (Å²) in [5.74, 6) is -0.225. The molecule has 1 aromatic rings. The van der Waals surface area contributed by atoms with Crippen LogP contribution >= 0.6 is 0 Å². The molecule has 1 rings (SSSR count). The van der Waals surface area contributed by atoms with Crippen molar-refractivity contribution in [3.63, 3.8) is 0 Å². The van der Waals surface area contributed by atoms with Crippen molar-refractivity contribution >= 4 is 5.97 Å². The molecule has 3 heteroatoms. The van der Waals surface area contributed by atoms with Crippen LogP contribution in [0.4, 0.5) is 0 Å². The van der Waals surface area contributed by atoms with Crippen LogP contribution in [-0.4, -0.2) is 26.2 Å². The molecule has 3 nitrogen and oxygen atoms in total. The molecule has 17 heavy (non-hydrogen) atoms. The van der Waals surface area contributed by atoms with Gasteiger partial charge in [-0.15, -0.1) is 0 Å². The number of benzene rings is 1. The van der Waals surface area contributed by atoms with E-state index in [9.17, 15) is 4.79 Å². The van der Waals surface area contributed by atoms with E-state index in [1.165, 1.54) is 12.7 Å². The van der Waals surface area contributed by atoms with E-state index in [0.29, 0.717) is 6.54 Å². The van der Waals surface area contributed by atoms with Crippen LogP contribution in [0.1, 0.15) is 18.9 Å². The van der Waals surface area contributed by atoms with Crippen LogP contribution in [0.5, 0.6) is 0 Å². The predicted octanol–water partition coefficient (Wildman–Crippen LogP) is 2.02. The third-order valence-electron chi connectivity index (χ3n) is 2.72. The van der Waals surface area contributed by atoms with Gasteiger partial charge in [0.15, 0.2) is 0 Å². The maximum Gasteiger partial charge on any atom is 0.309 e. The van der Waals surface area contributed by atoms with Crippen LogP contribution in [0.25, 0.3) is 0 Å². The van der Waals surface area contributed by atoms with Gasteiger partial charge in [-0.2, -0.15) is 0 Å². The Bertz CT molecular complexity index is 324. The monoisotopic (exact) mass is 235 g/mol. The number of carbonyl (C=O) groups excluding carboxylic acids is 1. The van der Waals surface area contributed by atoms with E-state index in [1.807, 2.05) is 13.0 Å². The molecule has 94 valence electrons. The molecule has 0 aliphatic rings. The topological polar surface area (TPSA) is 38.3 Å². The molecule has 0 unspecified atom stereocenters. The van der Waals surface area contributed by atoms with Crippen molar-refractivity contribution in [2.75, 3.05) is 20.2 Å². The van der Waals surface area contributed by atoms with E-state index in [-0.39, 0.29) is 11.9 Å². The quantitative estimate of drug-likeness (QED) is 0.580. The van der Waals surface area contributed by atoms with Crippen molar-refractivity contribution in [1.29, 1.82) is 0 Å². The fourth-order valence-corrected chi connectivity index (χ4v) is 1.67. The maximum atomic E-state index is 11.1. The van der Waals surface area contributed by atoms with Gasteiger partial charge in [0.2, 0.25) is 0 Å². The Balaban J connectivity index is 2.07. The fourth-order valence-electron chi connectivity index (χ4n) is 1.67. The van der Waals surface area contributed by atoms with Gasteiger partial charge in [0, 0.05) is 6.54 Å². The second kappa shape index (κ2) is 7.85. The summed E-state index contributed by atoms with van der Waals surface area (Å²) in [5, 5.41) is 3.27. The number of methoxy groups -OCH3 is 1. The summed E-state index contributed by atoms with van der Waals surface area (Å²) >= 11 is 0. The summed E-state index contributed by atoms with van der Waals surface area (Å²) in [6, 6.07) is 10.4. The molecule has 0 amide bonds. The Labute approximate surface area is 103 Å². The summed E-state index contributed by atoms with van der Waals surface area (Å²) in [4.78, 5) is 11.1. The molecule has 0 radical (unpaired) electrons. The molecule has 0 fully saturated rings. The van der Waals surface area contributed by atoms with Crippen LogP contribution in [-0.2, 0) is 16.0 Å². The zero-order valence-corrected chi connectivity index (χ0v) is 10.6. The molecular weight excluding hydrogens is 214 g/mol. The van der Waals surface area contributed by atoms with E-state index in [1.54, 1.807) is 0 Å². The highest BCUT2D eigenvalue weighted by Gasteiger charge is 2.11. The number of carbonyl (C=O) groups is 1. The predicted molar refractivity (Wildman–Crippen MR) is 68.8 cm³/mol. The average Bonchev–Trinajstić information content (AvgIpc) is 2.38. The minimum absolute atomic E-state index is 0.0725. The summed E-state index contributed by atoms with van der Waals surface area (Å²) in [6.07, 6.45) is 2.15. The number of rotatable bonds is 7. The first kappa shape index (κ1) is 13.7. The maximum absolute atomic E-state index is 11.1. The van der Waals surface area contributed by atoms with Gasteiger partial charge in [-0.25, -0.2) is 0 Å². The molecule has 0 saturated heterocycles. The Morgan fingerprint density at radius 2 is 2.06 bits per heavy atom. The number of hydrogen-bond acceptors (Lipinski definition) is 3. The molecule has 1 aromatic carbocycles. The third-order valence-corrected chi connectivity index (χ3v) is 2.72. The van der Waals surface area contributed by atoms with Gasteiger partial charge in [0.1, 0.15) is 0 Å². The first-order valence-electron chi connectivity index (χ1n) is 6.06. The molecule has 0 aliphatic heterocycles. The molecule has 0 bridgehead atoms. The molecule has 0 heterocycles. The van der Waals surface area contributed by atoms with Crippen LogP contribution in [0.15, 0.2) is 30.3 Å². The van der Waals surface area contributed by atoms with Crippen LogP contribution in [0, 0.1) is 5.92 Å². The molecule has 0 saturated carbocycles. The molecule has 0 aliphatic carbocycles. The fraction of sp³-hybridized carbons (Fsp3) is 0.500. The number of aryl methyl sites for hydroxylation is 1. The summed E-state index contributed by atoms with van der Waals surface area (Å²) < 4.78 is 4.66. The second-order valence-corrected chi connectivity index (χ2v) is 4.22. The van der Waals surface area contributed by atoms with Gasteiger partial charge in [0.25, 0.3) is 0 Å². The smallest absolute Gasteiger partial charge is 0.309 e. The summed E-state index contributed by atoms with van der Waals surface area (Å²) in [6.45, 7) is 3.48. The lowest BCUT2D eigenvalue weighted by atomic mass is 10.1. The van der Waals surface area contributed by atoms with Crippen molar-refractivity contribution in [2.45, 2.75) is 19.8 Å². The van der Waals surface area contributed by atoms with E-state index in [0.717, 1.165) is 19.4 Å². The number of esters is 1. The lowest BCUT2D eigenvalue weighted by Crippen LogP contribution is -2.28. The van der Waals surface area contributed by atoms with Crippen molar-refractivity contribution in [1.82, 2.24) is 5.32 Å². The minimum Gasteiger partial charge on any atom is -0.469 e. The summed E-state index contributed by atoms with van der Waals surface area (Å²) in [5.41, 5.74) is 1.36. The average molecular weight is 235 g/mol. The summed E-state index contributed by atoms with van der Waals surface area (Å²) in [7, 11) is 1.42. The Kier molecular flexibility index (Phi) is 6.33. The highest BCUT2D eigenvalue weighted by Crippen LogP contribution is 2.01. The minimum atomic E-state index is -0.152. The lowest BCUT2D eigenvalue weighted by molar-refractivity contribution is -0.144. The highest BCUT2D eigenvalue weighted by molar-refractivity contribution is 5.71. The number of ether oxygens (including phenoxy) is 1. The van der Waals surface area contributed by atoms with E-state index >= 15 is 0 Å². The second-order valence-electron chi connectivity index (χ2n) is 4.22. The molecular formula is C14H21NO2. The van der Waals surface area contributed by atoms with E-state index in [4.69, 9.17) is 0 Å². The van der Waals surface area contributed by atoms with Crippen LogP contribution < -0.4 is 5.32 Å². The van der Waals surface area contributed by atoms with E-state index in [2.05, 4.69) is 34.3 Å². The van der Waals surface area contributed by atoms with Crippen molar-refractivity contribution < 1.29 is 9.53 Å². The van der Waals surface area contributed by atoms with E-state index < -0.39 is 0 Å². The highest BCUT2D eigenvalue weighted by atomic mass is 16.5. The molecule has 0 spiro atoms. The van der Waals surface area contributed by atoms with Gasteiger partial charge in [0.05, 0.1) is 13.0 Å². The Morgan fingerprint density at radius 1 is 1.35 bits per heavy atom. The zero-order valence-electron chi connectivity index (χ0n) is 10.6. The lowest BCUT2D eigenvalue weighted by Gasteiger charge is -2.10. The Morgan fingerprint density at radius 3 is 2.71 bits per heavy atom. The number of nitrogens with one attached hydrogen (secondary N) is 1. The molecule has 1 atom stereocenters. The zero-order chi connectivity index (χ0) is 12.5. The number of hydrogen-bond donors (Lipinski definition) is 1. The SMILES string of the molecule is COC(=O)[C@H](C)CNCCCc1ccccc1. The van der Waals surface area contributed by atoms with Crippen molar-refractivity contribution in [2.24, 2.45) is 5.92 Å². The van der Waals surface area contributed by atoms with Crippen molar-refractivity contribution in [3.05, 3.63) is 35.9 Å². The van der Waals surface area contributed by atoms with Gasteiger partial charge in [-0.3, -0.25) is 4.79 Å². The van der Waals surface area contributed by atoms with Gasteiger partial charge < -0.3 is 10.1 Å². The van der Waals surface area contributed by atoms with Crippen LogP contribution in [0.3, 0.4) is 0 Å². The molecule has 1 N–H and O–H groups in total. The largest absolute Gasteiger partial charge is 0.469 e. The molecule has 0 aromatic heterocycles. The van der Waals surface area contributed by atoms with Gasteiger partial charge in [-0.1, -0.05) is 37.3 Å². The third kappa shape index (κ3) is 5.50. The van der Waals surface area contributed by atoms with Gasteiger partial charge >= 0.3 is 5.97 Å². The van der Waals surface area contributed by atoms with Crippen LogP contribution in [0.2, 0.25) is 0 Å². The van der Waals surface area contributed by atoms with Gasteiger partial charge in [-0.05, 0) is 24.9 Å².